The number of nitrogens with zero attached hydrogens (tertiary/aromatic N) is 1. The first-order valence-corrected chi connectivity index (χ1v) is 8.65. The average molecular weight is 293 g/mol. The number of carboxylic acid groups (broad SMARTS) is 1. The second-order valence-corrected chi connectivity index (χ2v) is 7.29. The van der Waals surface area contributed by atoms with Gasteiger partial charge in [-0.1, -0.05) is 32.1 Å². The molecule has 1 saturated heterocycles. The van der Waals surface area contributed by atoms with Gasteiger partial charge in [0.1, 0.15) is 0 Å². The molecule has 2 atom stereocenters. The largest absolute Gasteiger partial charge is 0.481 e. The van der Waals surface area contributed by atoms with Gasteiger partial charge in [0, 0.05) is 19.5 Å². The number of likely N-dealkylation sites (tertiary alicyclic amines) is 1. The molecule has 3 fully saturated rings. The zero-order valence-corrected chi connectivity index (χ0v) is 12.8. The number of amides is 1. The lowest BCUT2D eigenvalue weighted by atomic mass is 9.86. The summed E-state index contributed by atoms with van der Waals surface area (Å²) < 4.78 is 0. The van der Waals surface area contributed by atoms with Gasteiger partial charge in [0.2, 0.25) is 5.91 Å². The van der Waals surface area contributed by atoms with Crippen molar-refractivity contribution in [2.24, 2.45) is 23.7 Å². The van der Waals surface area contributed by atoms with Gasteiger partial charge >= 0.3 is 5.97 Å². The fraction of sp³-hybridized carbons (Fsp3) is 0.882. The summed E-state index contributed by atoms with van der Waals surface area (Å²) in [5, 5.41) is 9.36. The number of aliphatic carboxylic acids is 1. The maximum atomic E-state index is 12.4. The Morgan fingerprint density at radius 1 is 1.00 bits per heavy atom. The van der Waals surface area contributed by atoms with Gasteiger partial charge in [-0.25, -0.2) is 0 Å². The maximum absolute atomic E-state index is 12.4. The first-order valence-electron chi connectivity index (χ1n) is 8.65. The summed E-state index contributed by atoms with van der Waals surface area (Å²) in [6.45, 7) is 1.13. The van der Waals surface area contributed by atoms with Crippen LogP contribution >= 0.6 is 0 Å². The van der Waals surface area contributed by atoms with E-state index in [1.807, 2.05) is 4.90 Å². The Labute approximate surface area is 126 Å². The summed E-state index contributed by atoms with van der Waals surface area (Å²) in [7, 11) is 0. The Morgan fingerprint density at radius 2 is 1.71 bits per heavy atom. The fourth-order valence-electron chi connectivity index (χ4n) is 4.26. The number of rotatable bonds is 5. The van der Waals surface area contributed by atoms with E-state index in [0.717, 1.165) is 25.2 Å². The number of carbonyl (C=O) groups is 2. The summed E-state index contributed by atoms with van der Waals surface area (Å²) in [6.07, 6.45) is 10.4. The third-order valence-electron chi connectivity index (χ3n) is 5.75. The van der Waals surface area contributed by atoms with Gasteiger partial charge in [-0.3, -0.25) is 9.59 Å². The molecule has 0 radical (unpaired) electrons. The highest BCUT2D eigenvalue weighted by Crippen LogP contribution is 2.44. The van der Waals surface area contributed by atoms with Gasteiger partial charge in [0.25, 0.3) is 0 Å². The quantitative estimate of drug-likeness (QED) is 0.848. The van der Waals surface area contributed by atoms with Gasteiger partial charge in [0.15, 0.2) is 0 Å². The molecule has 1 N–H and O–H groups in total. The lowest BCUT2D eigenvalue weighted by Crippen LogP contribution is -2.30. The van der Waals surface area contributed by atoms with Crippen LogP contribution in [-0.2, 0) is 9.59 Å². The third kappa shape index (κ3) is 3.58. The summed E-state index contributed by atoms with van der Waals surface area (Å²) >= 11 is 0. The summed E-state index contributed by atoms with van der Waals surface area (Å²) in [5.41, 5.74) is 0. The van der Waals surface area contributed by atoms with Crippen molar-refractivity contribution in [3.63, 3.8) is 0 Å². The van der Waals surface area contributed by atoms with Crippen molar-refractivity contribution in [1.82, 2.24) is 4.90 Å². The van der Waals surface area contributed by atoms with Crippen LogP contribution in [0.25, 0.3) is 0 Å². The smallest absolute Gasteiger partial charge is 0.308 e. The molecule has 4 nitrogen and oxygen atoms in total. The van der Waals surface area contributed by atoms with Gasteiger partial charge in [-0.15, -0.1) is 0 Å². The van der Waals surface area contributed by atoms with Crippen LogP contribution < -0.4 is 0 Å². The Morgan fingerprint density at radius 3 is 2.33 bits per heavy atom. The van der Waals surface area contributed by atoms with E-state index in [1.54, 1.807) is 0 Å². The Hall–Kier alpha value is -1.06. The molecule has 0 aromatic rings. The zero-order chi connectivity index (χ0) is 14.8. The minimum absolute atomic E-state index is 0.190. The van der Waals surface area contributed by atoms with Gasteiger partial charge in [0.05, 0.1) is 5.92 Å². The second-order valence-electron chi connectivity index (χ2n) is 7.29. The van der Waals surface area contributed by atoms with Crippen molar-refractivity contribution in [3.05, 3.63) is 0 Å². The molecule has 4 heteroatoms. The third-order valence-corrected chi connectivity index (χ3v) is 5.75. The van der Waals surface area contributed by atoms with Crippen LogP contribution in [0.4, 0.5) is 0 Å². The average Bonchev–Trinajstić information content (AvgIpc) is 3.24. The van der Waals surface area contributed by atoms with E-state index in [4.69, 9.17) is 0 Å². The SMILES string of the molecule is O=C(O)[C@H]1CN(C(=O)CCC2CCCCC2)C[C@@H]1C1CC1. The van der Waals surface area contributed by atoms with E-state index < -0.39 is 5.97 Å². The molecule has 3 rings (SSSR count). The van der Waals surface area contributed by atoms with Crippen molar-refractivity contribution in [2.45, 2.75) is 57.8 Å². The summed E-state index contributed by atoms with van der Waals surface area (Å²) in [6, 6.07) is 0. The van der Waals surface area contributed by atoms with Crippen molar-refractivity contribution in [3.8, 4) is 0 Å². The van der Waals surface area contributed by atoms with E-state index in [2.05, 4.69) is 0 Å². The predicted octanol–water partition coefficient (Wildman–Crippen LogP) is 2.92. The highest BCUT2D eigenvalue weighted by molar-refractivity contribution is 5.79. The summed E-state index contributed by atoms with van der Waals surface area (Å²) in [5.74, 6) is 0.642. The minimum atomic E-state index is -0.713. The first-order chi connectivity index (χ1) is 10.1. The molecule has 0 unspecified atom stereocenters. The van der Waals surface area contributed by atoms with Crippen LogP contribution in [0, 0.1) is 23.7 Å². The molecule has 21 heavy (non-hydrogen) atoms. The van der Waals surface area contributed by atoms with Crippen LogP contribution in [0.3, 0.4) is 0 Å². The normalized spacial score (nSPS) is 30.6. The Kier molecular flexibility index (Phi) is 4.51. The van der Waals surface area contributed by atoms with Crippen LogP contribution in [-0.4, -0.2) is 35.0 Å². The van der Waals surface area contributed by atoms with Gasteiger partial charge in [-0.2, -0.15) is 0 Å². The van der Waals surface area contributed by atoms with Crippen LogP contribution in [0.2, 0.25) is 0 Å². The van der Waals surface area contributed by atoms with Crippen LogP contribution in [0.1, 0.15) is 57.8 Å². The molecule has 2 aliphatic carbocycles. The van der Waals surface area contributed by atoms with E-state index in [-0.39, 0.29) is 17.7 Å². The fourth-order valence-corrected chi connectivity index (χ4v) is 4.26. The molecule has 2 saturated carbocycles. The van der Waals surface area contributed by atoms with E-state index in [1.165, 1.54) is 32.1 Å². The summed E-state index contributed by atoms with van der Waals surface area (Å²) in [4.78, 5) is 25.6. The van der Waals surface area contributed by atoms with Crippen LogP contribution in [0.15, 0.2) is 0 Å². The highest BCUT2D eigenvalue weighted by atomic mass is 16.4. The van der Waals surface area contributed by atoms with Crippen molar-refractivity contribution >= 4 is 11.9 Å². The first kappa shape index (κ1) is 14.9. The monoisotopic (exact) mass is 293 g/mol. The van der Waals surface area contributed by atoms with Crippen molar-refractivity contribution in [1.29, 1.82) is 0 Å². The lowest BCUT2D eigenvalue weighted by Gasteiger charge is -2.22. The van der Waals surface area contributed by atoms with Crippen molar-refractivity contribution in [2.75, 3.05) is 13.1 Å². The molecule has 0 spiro atoms. The molecule has 1 amide bonds. The topological polar surface area (TPSA) is 57.6 Å². The van der Waals surface area contributed by atoms with E-state index in [0.29, 0.717) is 25.4 Å². The highest BCUT2D eigenvalue weighted by Gasteiger charge is 2.46. The Balaban J connectivity index is 1.49. The molecule has 118 valence electrons. The molecule has 1 heterocycles. The Bertz CT molecular complexity index is 399. The van der Waals surface area contributed by atoms with Gasteiger partial charge in [-0.05, 0) is 37.0 Å². The van der Waals surface area contributed by atoms with Crippen LogP contribution in [0.5, 0.6) is 0 Å². The number of carboxylic acids is 1. The molecule has 0 aromatic carbocycles. The molecule has 0 aromatic heterocycles. The maximum Gasteiger partial charge on any atom is 0.308 e. The standard InChI is InChI=1S/C17H27NO3/c19-16(9-6-12-4-2-1-3-5-12)18-10-14(13-7-8-13)15(11-18)17(20)21/h12-15H,1-11H2,(H,20,21)/t14-,15+/m1/s1. The molecular weight excluding hydrogens is 266 g/mol. The lowest BCUT2D eigenvalue weighted by molar-refractivity contribution is -0.142. The number of hydrogen-bond donors (Lipinski definition) is 1. The molecule has 0 bridgehead atoms. The van der Waals surface area contributed by atoms with E-state index in [9.17, 15) is 14.7 Å². The van der Waals surface area contributed by atoms with E-state index >= 15 is 0 Å². The van der Waals surface area contributed by atoms with Crippen molar-refractivity contribution < 1.29 is 14.7 Å². The molecule has 1 aliphatic heterocycles. The number of hydrogen-bond acceptors (Lipinski definition) is 2. The second kappa shape index (κ2) is 6.37. The minimum Gasteiger partial charge on any atom is -0.481 e. The number of carbonyl (C=O) groups excluding carboxylic acids is 1. The van der Waals surface area contributed by atoms with Gasteiger partial charge < -0.3 is 10.0 Å². The molecule has 3 aliphatic rings. The molecular formula is C17H27NO3. The predicted molar refractivity (Wildman–Crippen MR) is 79.7 cm³/mol. The zero-order valence-electron chi connectivity index (χ0n) is 12.8.